The Morgan fingerprint density at radius 3 is 2.55 bits per heavy atom. The fraction of sp³-hybridized carbons (Fsp3) is 0.130. The molecular formula is C23H18Cl2N4O3S. The molecule has 7 nitrogen and oxygen atoms in total. The number of thiazole rings is 1. The smallest absolute Gasteiger partial charge is 0.400 e. The van der Waals surface area contributed by atoms with Gasteiger partial charge in [0.15, 0.2) is 5.76 Å². The minimum Gasteiger partial charge on any atom is -0.400 e. The van der Waals surface area contributed by atoms with Crippen LogP contribution in [0.25, 0.3) is 11.3 Å². The first-order valence-corrected chi connectivity index (χ1v) is 11.5. The third-order valence-corrected chi connectivity index (χ3v) is 6.15. The van der Waals surface area contributed by atoms with Crippen molar-refractivity contribution in [1.82, 2.24) is 4.68 Å². The van der Waals surface area contributed by atoms with E-state index in [4.69, 9.17) is 32.6 Å². The molecule has 0 amide bonds. The zero-order valence-corrected chi connectivity index (χ0v) is 19.9. The summed E-state index contributed by atoms with van der Waals surface area (Å²) >= 11 is 14.0. The number of benzene rings is 2. The van der Waals surface area contributed by atoms with Gasteiger partial charge in [0.05, 0.1) is 28.7 Å². The van der Waals surface area contributed by atoms with Crippen LogP contribution in [0.3, 0.4) is 0 Å². The molecule has 4 aromatic rings. The first-order chi connectivity index (χ1) is 15.8. The Bertz CT molecular complexity index is 1400. The molecule has 0 spiro atoms. The van der Waals surface area contributed by atoms with Crippen molar-refractivity contribution in [3.05, 3.63) is 96.3 Å². The van der Waals surface area contributed by atoms with Gasteiger partial charge < -0.3 is 4.42 Å². The molecular weight excluding hydrogens is 483 g/mol. The highest BCUT2D eigenvalue weighted by Crippen LogP contribution is 2.31. The fourth-order valence-electron chi connectivity index (χ4n) is 3.04. The fourth-order valence-corrected chi connectivity index (χ4v) is 4.27. The summed E-state index contributed by atoms with van der Waals surface area (Å²) in [5.41, 5.74) is 3.33. The Labute approximate surface area is 203 Å². The standard InChI is InChI=1S/C23H18Cl2N4O3S/c1-14(2)15-3-6-17(7-4-15)27-23-28(26-12-18-8-10-22(32-18)29(30)31)21(13-33-23)19-11-16(24)5-9-20(19)25/h3-14H,1-2H3. The topological polar surface area (TPSA) is 85.9 Å². The maximum atomic E-state index is 10.9. The Balaban J connectivity index is 1.82. The Morgan fingerprint density at radius 1 is 1.12 bits per heavy atom. The molecule has 0 bridgehead atoms. The third kappa shape index (κ3) is 5.24. The lowest BCUT2D eigenvalue weighted by Gasteiger charge is -2.06. The van der Waals surface area contributed by atoms with Crippen molar-refractivity contribution in [1.29, 1.82) is 0 Å². The highest BCUT2D eigenvalue weighted by Gasteiger charge is 2.14. The van der Waals surface area contributed by atoms with Crippen LogP contribution in [0.2, 0.25) is 10.0 Å². The highest BCUT2D eigenvalue weighted by atomic mass is 35.5. The molecule has 0 fully saturated rings. The summed E-state index contributed by atoms with van der Waals surface area (Å²) in [5, 5.41) is 18.3. The molecule has 0 atom stereocenters. The van der Waals surface area contributed by atoms with Gasteiger partial charge in [-0.25, -0.2) is 9.67 Å². The monoisotopic (exact) mass is 500 g/mol. The van der Waals surface area contributed by atoms with Crippen LogP contribution in [0.5, 0.6) is 0 Å². The third-order valence-electron chi connectivity index (χ3n) is 4.77. The van der Waals surface area contributed by atoms with Crippen LogP contribution in [-0.2, 0) is 0 Å². The van der Waals surface area contributed by atoms with E-state index in [1.165, 1.54) is 35.2 Å². The van der Waals surface area contributed by atoms with E-state index in [0.29, 0.717) is 32.0 Å². The molecule has 0 aliphatic rings. The summed E-state index contributed by atoms with van der Waals surface area (Å²) in [6.45, 7) is 4.27. The molecule has 0 N–H and O–H groups in total. The number of hydrogen-bond acceptors (Lipinski definition) is 6. The summed E-state index contributed by atoms with van der Waals surface area (Å²) in [6, 6.07) is 15.9. The van der Waals surface area contributed by atoms with Crippen molar-refractivity contribution in [2.24, 2.45) is 10.1 Å². The Kier molecular flexibility index (Phi) is 6.78. The SMILES string of the molecule is CC(C)c1ccc(N=c2scc(-c3cc(Cl)ccc3Cl)n2N=Cc2ccc([N+](=O)[O-])o2)cc1. The molecule has 0 unspecified atom stereocenters. The van der Waals surface area contributed by atoms with E-state index >= 15 is 0 Å². The molecule has 0 saturated carbocycles. The molecule has 0 aliphatic carbocycles. The normalized spacial score (nSPS) is 12.2. The van der Waals surface area contributed by atoms with Crippen molar-refractivity contribution < 1.29 is 9.34 Å². The first kappa shape index (κ1) is 23.0. The van der Waals surface area contributed by atoms with Crippen LogP contribution in [0.1, 0.15) is 31.1 Å². The summed E-state index contributed by atoms with van der Waals surface area (Å²) in [4.78, 5) is 15.6. The van der Waals surface area contributed by atoms with E-state index in [2.05, 4.69) is 18.9 Å². The van der Waals surface area contributed by atoms with Crippen LogP contribution in [0.15, 0.2) is 74.5 Å². The predicted molar refractivity (Wildman–Crippen MR) is 132 cm³/mol. The van der Waals surface area contributed by atoms with Crippen LogP contribution < -0.4 is 4.80 Å². The van der Waals surface area contributed by atoms with Gasteiger partial charge in [0.2, 0.25) is 4.80 Å². The van der Waals surface area contributed by atoms with Gasteiger partial charge in [0, 0.05) is 16.0 Å². The lowest BCUT2D eigenvalue weighted by Crippen LogP contribution is -2.11. The molecule has 2 aromatic heterocycles. The van der Waals surface area contributed by atoms with Crippen molar-refractivity contribution in [2.75, 3.05) is 0 Å². The number of hydrogen-bond donors (Lipinski definition) is 0. The van der Waals surface area contributed by atoms with Crippen LogP contribution in [0.4, 0.5) is 11.6 Å². The lowest BCUT2D eigenvalue weighted by atomic mass is 10.0. The Hall–Kier alpha value is -3.20. The van der Waals surface area contributed by atoms with Gasteiger partial charge in [-0.05, 0) is 47.9 Å². The van der Waals surface area contributed by atoms with E-state index < -0.39 is 4.92 Å². The van der Waals surface area contributed by atoms with Crippen molar-refractivity contribution in [3.63, 3.8) is 0 Å². The van der Waals surface area contributed by atoms with Crippen molar-refractivity contribution in [2.45, 2.75) is 19.8 Å². The van der Waals surface area contributed by atoms with E-state index in [-0.39, 0.29) is 11.6 Å². The van der Waals surface area contributed by atoms with Crippen LogP contribution in [-0.4, -0.2) is 15.8 Å². The molecule has 33 heavy (non-hydrogen) atoms. The maximum absolute atomic E-state index is 10.9. The number of furan rings is 1. The van der Waals surface area contributed by atoms with Gasteiger partial charge in [-0.15, -0.1) is 11.3 Å². The molecule has 168 valence electrons. The molecule has 0 saturated heterocycles. The molecule has 2 aromatic carbocycles. The zero-order valence-electron chi connectivity index (χ0n) is 17.6. The lowest BCUT2D eigenvalue weighted by molar-refractivity contribution is -0.402. The second kappa shape index (κ2) is 9.74. The average Bonchev–Trinajstić information content (AvgIpc) is 3.41. The molecule has 2 heterocycles. The summed E-state index contributed by atoms with van der Waals surface area (Å²) in [7, 11) is 0. The number of nitrogens with zero attached hydrogens (tertiary/aromatic N) is 4. The number of aromatic nitrogens is 1. The molecule has 10 heteroatoms. The van der Waals surface area contributed by atoms with Crippen LogP contribution in [0, 0.1) is 10.1 Å². The van der Waals surface area contributed by atoms with Gasteiger partial charge in [-0.3, -0.25) is 10.1 Å². The predicted octanol–water partition coefficient (Wildman–Crippen LogP) is 7.26. The number of halogens is 2. The van der Waals surface area contributed by atoms with Gasteiger partial charge in [0.25, 0.3) is 0 Å². The summed E-state index contributed by atoms with van der Waals surface area (Å²) in [6.07, 6.45) is 1.39. The molecule has 0 aliphatic heterocycles. The first-order valence-electron chi connectivity index (χ1n) is 9.91. The average molecular weight is 501 g/mol. The Morgan fingerprint density at radius 2 is 1.88 bits per heavy atom. The second-order valence-electron chi connectivity index (χ2n) is 7.38. The van der Waals surface area contributed by atoms with Gasteiger partial charge in [0.1, 0.15) is 4.92 Å². The largest absolute Gasteiger partial charge is 0.433 e. The van der Waals surface area contributed by atoms with E-state index in [1.54, 1.807) is 22.9 Å². The quantitative estimate of drug-likeness (QED) is 0.158. The van der Waals surface area contributed by atoms with Gasteiger partial charge >= 0.3 is 5.88 Å². The molecule has 0 radical (unpaired) electrons. The van der Waals surface area contributed by atoms with E-state index in [1.807, 2.05) is 29.6 Å². The second-order valence-corrected chi connectivity index (χ2v) is 9.06. The maximum Gasteiger partial charge on any atom is 0.433 e. The van der Waals surface area contributed by atoms with Crippen LogP contribution >= 0.6 is 34.5 Å². The minimum atomic E-state index is -0.603. The van der Waals surface area contributed by atoms with Crippen molar-refractivity contribution >= 4 is 52.3 Å². The van der Waals surface area contributed by atoms with Crippen molar-refractivity contribution in [3.8, 4) is 11.3 Å². The zero-order chi connectivity index (χ0) is 23.5. The van der Waals surface area contributed by atoms with E-state index in [9.17, 15) is 10.1 Å². The van der Waals surface area contributed by atoms with Gasteiger partial charge in [-0.1, -0.05) is 49.2 Å². The summed E-state index contributed by atoms with van der Waals surface area (Å²) in [5.74, 6) is 0.292. The minimum absolute atomic E-state index is 0.232. The molecule has 4 rings (SSSR count). The number of rotatable bonds is 6. The number of nitro groups is 1. The van der Waals surface area contributed by atoms with E-state index in [0.717, 1.165) is 5.69 Å². The highest BCUT2D eigenvalue weighted by molar-refractivity contribution is 7.07. The van der Waals surface area contributed by atoms with Gasteiger partial charge in [-0.2, -0.15) is 5.10 Å². The summed E-state index contributed by atoms with van der Waals surface area (Å²) < 4.78 is 6.79.